The Labute approximate surface area is 166 Å². The number of halogens is 1. The second kappa shape index (κ2) is 7.10. The van der Waals surface area contributed by atoms with Crippen LogP contribution in [0.5, 0.6) is 0 Å². The Morgan fingerprint density at radius 3 is 2.41 bits per heavy atom. The van der Waals surface area contributed by atoms with Gasteiger partial charge in [0.1, 0.15) is 0 Å². The van der Waals surface area contributed by atoms with Gasteiger partial charge in [0.05, 0.1) is 11.7 Å². The Morgan fingerprint density at radius 1 is 1.22 bits per heavy atom. The van der Waals surface area contributed by atoms with Crippen LogP contribution in [0.2, 0.25) is 5.02 Å². The van der Waals surface area contributed by atoms with Crippen molar-refractivity contribution in [3.05, 3.63) is 34.9 Å². The summed E-state index contributed by atoms with van der Waals surface area (Å²) in [4.78, 5) is 29.8. The molecule has 5 nitrogen and oxygen atoms in total. The van der Waals surface area contributed by atoms with E-state index in [0.717, 1.165) is 19.4 Å². The van der Waals surface area contributed by atoms with Crippen molar-refractivity contribution in [2.45, 2.75) is 51.2 Å². The van der Waals surface area contributed by atoms with Gasteiger partial charge in [-0.3, -0.25) is 14.9 Å². The first-order valence-corrected chi connectivity index (χ1v) is 10.4. The predicted octanol–water partition coefficient (Wildman–Crippen LogP) is 3.14. The highest BCUT2D eigenvalue weighted by atomic mass is 35.5. The molecule has 1 unspecified atom stereocenters. The zero-order chi connectivity index (χ0) is 19.2. The maximum absolute atomic E-state index is 13.0. The molecule has 4 rings (SSSR count). The van der Waals surface area contributed by atoms with E-state index in [0.29, 0.717) is 29.6 Å². The molecule has 27 heavy (non-hydrogen) atoms. The second-order valence-electron chi connectivity index (χ2n) is 8.59. The summed E-state index contributed by atoms with van der Waals surface area (Å²) < 4.78 is 0. The molecule has 0 radical (unpaired) electrons. The first-order valence-electron chi connectivity index (χ1n) is 10.0. The standard InChI is InChI=1S/C21H28ClN3O2/c1-14(2)18-20(27)25(13-15-3-4-15)21(23-18)9-11-24(12-10-21)19(26)16-5-7-17(22)8-6-16/h5-8,14-15,18,23H,3-4,9-13H2,1-2H3. The lowest BCUT2D eigenvalue weighted by atomic mass is 9.94. The fraction of sp³-hybridized carbons (Fsp3) is 0.619. The number of nitrogens with one attached hydrogen (secondary N) is 1. The molecular weight excluding hydrogens is 362 g/mol. The van der Waals surface area contributed by atoms with Gasteiger partial charge in [-0.05, 0) is 48.9 Å². The number of nitrogens with zero attached hydrogens (tertiary/aromatic N) is 2. The van der Waals surface area contributed by atoms with E-state index >= 15 is 0 Å². The lowest BCUT2D eigenvalue weighted by Crippen LogP contribution is -2.60. The van der Waals surface area contributed by atoms with Gasteiger partial charge in [-0.1, -0.05) is 25.4 Å². The maximum atomic E-state index is 13.0. The molecule has 2 aliphatic heterocycles. The average Bonchev–Trinajstić information content (AvgIpc) is 3.44. The van der Waals surface area contributed by atoms with Crippen LogP contribution >= 0.6 is 11.6 Å². The van der Waals surface area contributed by atoms with Crippen LogP contribution in [0.15, 0.2) is 24.3 Å². The van der Waals surface area contributed by atoms with Gasteiger partial charge in [-0.15, -0.1) is 0 Å². The number of rotatable bonds is 4. The third-order valence-electron chi connectivity index (χ3n) is 6.25. The van der Waals surface area contributed by atoms with Gasteiger partial charge >= 0.3 is 0 Å². The lowest BCUT2D eigenvalue weighted by Gasteiger charge is -2.45. The summed E-state index contributed by atoms with van der Waals surface area (Å²) in [6.07, 6.45) is 4.03. The first-order chi connectivity index (χ1) is 12.9. The third-order valence-corrected chi connectivity index (χ3v) is 6.50. The number of hydrogen-bond donors (Lipinski definition) is 1. The van der Waals surface area contributed by atoms with Gasteiger partial charge in [-0.25, -0.2) is 0 Å². The molecule has 1 N–H and O–H groups in total. The van der Waals surface area contributed by atoms with E-state index in [2.05, 4.69) is 24.1 Å². The molecule has 146 valence electrons. The molecule has 1 aromatic rings. The van der Waals surface area contributed by atoms with E-state index in [1.165, 1.54) is 12.8 Å². The highest BCUT2D eigenvalue weighted by Gasteiger charge is 2.53. The Morgan fingerprint density at radius 2 is 1.85 bits per heavy atom. The molecule has 1 aromatic carbocycles. The summed E-state index contributed by atoms with van der Waals surface area (Å²) in [5.74, 6) is 1.22. The third kappa shape index (κ3) is 3.59. The van der Waals surface area contributed by atoms with Crippen LogP contribution in [-0.4, -0.2) is 53.0 Å². The minimum Gasteiger partial charge on any atom is -0.338 e. The fourth-order valence-electron chi connectivity index (χ4n) is 4.35. The molecule has 2 heterocycles. The second-order valence-corrected chi connectivity index (χ2v) is 9.03. The smallest absolute Gasteiger partial charge is 0.253 e. The fourth-order valence-corrected chi connectivity index (χ4v) is 4.48. The summed E-state index contributed by atoms with van der Waals surface area (Å²) >= 11 is 5.93. The number of likely N-dealkylation sites (tertiary alicyclic amines) is 1. The van der Waals surface area contributed by atoms with Crippen LogP contribution in [0.4, 0.5) is 0 Å². The van der Waals surface area contributed by atoms with Gasteiger partial charge in [0.15, 0.2) is 0 Å². The van der Waals surface area contributed by atoms with E-state index in [1.54, 1.807) is 24.3 Å². The summed E-state index contributed by atoms with van der Waals surface area (Å²) in [7, 11) is 0. The minimum atomic E-state index is -0.286. The highest BCUT2D eigenvalue weighted by Crippen LogP contribution is 2.39. The van der Waals surface area contributed by atoms with Crippen molar-refractivity contribution in [2.24, 2.45) is 11.8 Å². The Hall–Kier alpha value is -1.59. The topological polar surface area (TPSA) is 52.7 Å². The van der Waals surface area contributed by atoms with Crippen LogP contribution in [-0.2, 0) is 4.79 Å². The van der Waals surface area contributed by atoms with Crippen molar-refractivity contribution in [3.8, 4) is 0 Å². The van der Waals surface area contributed by atoms with Gasteiger partial charge in [0, 0.05) is 43.1 Å². The Bertz CT molecular complexity index is 721. The summed E-state index contributed by atoms with van der Waals surface area (Å²) in [6.45, 7) is 6.38. The number of benzene rings is 1. The van der Waals surface area contributed by atoms with E-state index in [4.69, 9.17) is 11.6 Å². The Balaban J connectivity index is 1.47. The van der Waals surface area contributed by atoms with E-state index in [1.807, 2.05) is 4.90 Å². The number of hydrogen-bond acceptors (Lipinski definition) is 3. The van der Waals surface area contributed by atoms with Crippen molar-refractivity contribution in [2.75, 3.05) is 19.6 Å². The molecule has 1 aliphatic carbocycles. The highest BCUT2D eigenvalue weighted by molar-refractivity contribution is 6.30. The Kier molecular flexibility index (Phi) is 4.93. The molecule has 2 amide bonds. The van der Waals surface area contributed by atoms with Crippen LogP contribution in [0.25, 0.3) is 0 Å². The number of carbonyl (C=O) groups is 2. The van der Waals surface area contributed by atoms with E-state index < -0.39 is 0 Å². The lowest BCUT2D eigenvalue weighted by molar-refractivity contribution is -0.134. The SMILES string of the molecule is CC(C)C1NC2(CCN(C(=O)c3ccc(Cl)cc3)CC2)N(CC2CC2)C1=O. The van der Waals surface area contributed by atoms with E-state index in [9.17, 15) is 9.59 Å². The maximum Gasteiger partial charge on any atom is 0.253 e. The van der Waals surface area contributed by atoms with Crippen molar-refractivity contribution >= 4 is 23.4 Å². The predicted molar refractivity (Wildman–Crippen MR) is 106 cm³/mol. The largest absolute Gasteiger partial charge is 0.338 e. The van der Waals surface area contributed by atoms with Gasteiger partial charge < -0.3 is 9.80 Å². The van der Waals surface area contributed by atoms with Crippen LogP contribution < -0.4 is 5.32 Å². The molecular formula is C21H28ClN3O2. The molecule has 6 heteroatoms. The molecule has 0 bridgehead atoms. The molecule has 1 atom stereocenters. The average molecular weight is 390 g/mol. The molecule has 3 fully saturated rings. The normalized spacial score (nSPS) is 24.9. The van der Waals surface area contributed by atoms with Crippen molar-refractivity contribution in [1.29, 1.82) is 0 Å². The molecule has 2 saturated heterocycles. The van der Waals surface area contributed by atoms with Crippen molar-refractivity contribution < 1.29 is 9.59 Å². The summed E-state index contributed by atoms with van der Waals surface area (Å²) in [6, 6.07) is 6.95. The van der Waals surface area contributed by atoms with Gasteiger partial charge in [0.25, 0.3) is 5.91 Å². The molecule has 1 saturated carbocycles. The monoisotopic (exact) mass is 389 g/mol. The van der Waals surface area contributed by atoms with E-state index in [-0.39, 0.29) is 29.4 Å². The number of carbonyl (C=O) groups excluding carboxylic acids is 2. The zero-order valence-electron chi connectivity index (χ0n) is 16.1. The van der Waals surface area contributed by atoms with Crippen molar-refractivity contribution in [3.63, 3.8) is 0 Å². The zero-order valence-corrected chi connectivity index (χ0v) is 16.8. The van der Waals surface area contributed by atoms with Crippen LogP contribution in [0.1, 0.15) is 49.9 Å². The van der Waals surface area contributed by atoms with Gasteiger partial charge in [-0.2, -0.15) is 0 Å². The van der Waals surface area contributed by atoms with Crippen LogP contribution in [0, 0.1) is 11.8 Å². The van der Waals surface area contributed by atoms with Gasteiger partial charge in [0.2, 0.25) is 5.91 Å². The minimum absolute atomic E-state index is 0.0417. The summed E-state index contributed by atoms with van der Waals surface area (Å²) in [5, 5.41) is 4.30. The number of amides is 2. The first kappa shape index (κ1) is 18.8. The van der Waals surface area contributed by atoms with Crippen molar-refractivity contribution in [1.82, 2.24) is 15.1 Å². The molecule has 3 aliphatic rings. The quantitative estimate of drug-likeness (QED) is 0.860. The number of piperidine rings is 1. The molecule has 0 aromatic heterocycles. The molecule has 1 spiro atoms. The summed E-state index contributed by atoms with van der Waals surface area (Å²) in [5.41, 5.74) is 0.381. The van der Waals surface area contributed by atoms with Crippen LogP contribution in [0.3, 0.4) is 0 Å².